The molecule has 1 unspecified atom stereocenters. The first-order chi connectivity index (χ1) is 8.20. The number of rotatable bonds is 3. The van der Waals surface area contributed by atoms with E-state index in [1.165, 1.54) is 11.8 Å². The molecule has 0 amide bonds. The molecule has 1 rings (SSSR count). The Morgan fingerprint density at radius 1 is 1.28 bits per heavy atom. The molecule has 1 aromatic rings. The zero-order valence-corrected chi connectivity index (χ0v) is 13.1. The molecule has 0 aliphatic rings. The number of carbonyl (C=O) groups is 1. The molecule has 0 fully saturated rings. The molecular weight excluding hydrogens is 291 g/mol. The van der Waals surface area contributed by atoms with Gasteiger partial charge in [-0.3, -0.25) is 4.79 Å². The van der Waals surface area contributed by atoms with Crippen molar-refractivity contribution in [1.82, 2.24) is 0 Å². The van der Waals surface area contributed by atoms with Crippen LogP contribution in [-0.2, 0) is 9.53 Å². The Hall–Kier alpha value is -0.380. The maximum absolute atomic E-state index is 11.9. The number of hydrogen-bond acceptors (Lipinski definition) is 3. The van der Waals surface area contributed by atoms with Gasteiger partial charge in [0.15, 0.2) is 0 Å². The van der Waals surface area contributed by atoms with Crippen molar-refractivity contribution in [1.29, 1.82) is 0 Å². The van der Waals surface area contributed by atoms with Gasteiger partial charge in [0, 0.05) is 4.90 Å². The summed E-state index contributed by atoms with van der Waals surface area (Å²) in [6.45, 7) is 7.29. The number of thioether (sulfide) groups is 1. The van der Waals surface area contributed by atoms with Crippen molar-refractivity contribution in [3.05, 3.63) is 28.2 Å². The smallest absolute Gasteiger partial charge is 0.319 e. The third-order valence-electron chi connectivity index (χ3n) is 1.95. The first kappa shape index (κ1) is 15.7. The number of carbonyl (C=O) groups excluding carboxylic acids is 1. The maximum Gasteiger partial charge on any atom is 0.319 e. The first-order valence-electron chi connectivity index (χ1n) is 5.54. The predicted octanol–water partition coefficient (Wildman–Crippen LogP) is 4.82. The van der Waals surface area contributed by atoms with E-state index in [2.05, 4.69) is 0 Å². The zero-order chi connectivity index (χ0) is 13.9. The monoisotopic (exact) mass is 306 g/mol. The fourth-order valence-electron chi connectivity index (χ4n) is 1.20. The molecular formula is C13H16Cl2O2S. The van der Waals surface area contributed by atoms with Crippen molar-refractivity contribution >= 4 is 40.9 Å². The lowest BCUT2D eigenvalue weighted by Gasteiger charge is -2.22. The third-order valence-corrected chi connectivity index (χ3v) is 4.03. The van der Waals surface area contributed by atoms with E-state index in [9.17, 15) is 4.79 Å². The molecule has 0 aromatic heterocycles. The van der Waals surface area contributed by atoms with E-state index in [-0.39, 0.29) is 11.2 Å². The van der Waals surface area contributed by atoms with Crippen LogP contribution >= 0.6 is 35.0 Å². The first-order valence-corrected chi connectivity index (χ1v) is 7.18. The Labute approximate surface area is 122 Å². The van der Waals surface area contributed by atoms with E-state index in [4.69, 9.17) is 27.9 Å². The average Bonchev–Trinajstić information content (AvgIpc) is 2.21. The highest BCUT2D eigenvalue weighted by Gasteiger charge is 2.23. The van der Waals surface area contributed by atoms with Gasteiger partial charge in [-0.15, -0.1) is 11.8 Å². The molecule has 2 nitrogen and oxygen atoms in total. The van der Waals surface area contributed by atoms with Crippen LogP contribution in [0.4, 0.5) is 0 Å². The standard InChI is InChI=1S/C13H16Cl2O2S/c1-8(12(16)17-13(2,3)4)18-11-9(14)6-5-7-10(11)15/h5-8H,1-4H3. The van der Waals surface area contributed by atoms with Gasteiger partial charge < -0.3 is 4.74 Å². The van der Waals surface area contributed by atoms with Crippen LogP contribution in [-0.4, -0.2) is 16.8 Å². The van der Waals surface area contributed by atoms with Crippen molar-refractivity contribution in [2.75, 3.05) is 0 Å². The molecule has 1 atom stereocenters. The van der Waals surface area contributed by atoms with Crippen molar-refractivity contribution in [2.24, 2.45) is 0 Å². The summed E-state index contributed by atoms with van der Waals surface area (Å²) in [5.74, 6) is -0.275. The van der Waals surface area contributed by atoms with E-state index in [1.54, 1.807) is 25.1 Å². The summed E-state index contributed by atoms with van der Waals surface area (Å²) in [5.41, 5.74) is -0.490. The Bertz CT molecular complexity index is 421. The van der Waals surface area contributed by atoms with Gasteiger partial charge in [0.25, 0.3) is 0 Å². The molecule has 0 saturated heterocycles. The molecule has 18 heavy (non-hydrogen) atoms. The summed E-state index contributed by atoms with van der Waals surface area (Å²) in [7, 11) is 0. The molecule has 100 valence electrons. The molecule has 0 radical (unpaired) electrons. The molecule has 0 aliphatic carbocycles. The van der Waals surface area contributed by atoms with Crippen molar-refractivity contribution in [3.63, 3.8) is 0 Å². The molecule has 0 heterocycles. The molecule has 0 aliphatic heterocycles. The molecule has 0 bridgehead atoms. The van der Waals surface area contributed by atoms with E-state index in [0.717, 1.165) is 0 Å². The predicted molar refractivity (Wildman–Crippen MR) is 77.6 cm³/mol. The lowest BCUT2D eigenvalue weighted by molar-refractivity contribution is -0.153. The van der Waals surface area contributed by atoms with Crippen molar-refractivity contribution in [3.8, 4) is 0 Å². The van der Waals surface area contributed by atoms with Gasteiger partial charge in [0.05, 0.1) is 10.0 Å². The Balaban J connectivity index is 2.76. The van der Waals surface area contributed by atoms with Crippen LogP contribution in [0.2, 0.25) is 10.0 Å². The van der Waals surface area contributed by atoms with Crippen molar-refractivity contribution < 1.29 is 9.53 Å². The third kappa shape index (κ3) is 4.71. The molecule has 5 heteroatoms. The second-order valence-corrected chi connectivity index (χ2v) is 7.01. The summed E-state index contributed by atoms with van der Waals surface area (Å²) in [6.07, 6.45) is 0. The van der Waals surface area contributed by atoms with E-state index < -0.39 is 5.60 Å². The summed E-state index contributed by atoms with van der Waals surface area (Å²) in [5, 5.41) is 0.729. The van der Waals surface area contributed by atoms with E-state index >= 15 is 0 Å². The summed E-state index contributed by atoms with van der Waals surface area (Å²) < 4.78 is 5.31. The van der Waals surface area contributed by atoms with Crippen LogP contribution in [0, 0.1) is 0 Å². The number of benzene rings is 1. The number of ether oxygens (including phenoxy) is 1. The van der Waals surface area contributed by atoms with Gasteiger partial charge in [0.2, 0.25) is 0 Å². The van der Waals surface area contributed by atoms with Crippen LogP contribution in [0.15, 0.2) is 23.1 Å². The highest BCUT2D eigenvalue weighted by Crippen LogP contribution is 2.36. The Kier molecular flexibility index (Phi) is 5.38. The summed E-state index contributed by atoms with van der Waals surface area (Å²) in [6, 6.07) is 5.27. The topological polar surface area (TPSA) is 26.3 Å². The Morgan fingerprint density at radius 3 is 2.22 bits per heavy atom. The minimum atomic E-state index is -0.490. The fourth-order valence-corrected chi connectivity index (χ4v) is 2.73. The van der Waals surface area contributed by atoms with Gasteiger partial charge in [-0.25, -0.2) is 0 Å². The van der Waals surface area contributed by atoms with Gasteiger partial charge in [-0.2, -0.15) is 0 Å². The lowest BCUT2D eigenvalue weighted by Crippen LogP contribution is -2.28. The van der Waals surface area contributed by atoms with Gasteiger partial charge in [0.1, 0.15) is 10.9 Å². The van der Waals surface area contributed by atoms with Crippen molar-refractivity contribution in [2.45, 2.75) is 43.4 Å². The van der Waals surface area contributed by atoms with Crippen LogP contribution < -0.4 is 0 Å². The average molecular weight is 307 g/mol. The van der Waals surface area contributed by atoms with Crippen LogP contribution in [0.5, 0.6) is 0 Å². The largest absolute Gasteiger partial charge is 0.459 e. The number of halogens is 2. The quantitative estimate of drug-likeness (QED) is 0.592. The van der Waals surface area contributed by atoms with E-state index in [1.807, 2.05) is 20.8 Å². The summed E-state index contributed by atoms with van der Waals surface area (Å²) >= 11 is 13.4. The zero-order valence-electron chi connectivity index (χ0n) is 10.8. The van der Waals surface area contributed by atoms with Gasteiger partial charge in [-0.05, 0) is 39.8 Å². The normalized spacial score (nSPS) is 13.2. The second-order valence-electron chi connectivity index (χ2n) is 4.84. The second kappa shape index (κ2) is 6.18. The highest BCUT2D eigenvalue weighted by molar-refractivity contribution is 8.00. The minimum Gasteiger partial charge on any atom is -0.459 e. The van der Waals surface area contributed by atoms with Gasteiger partial charge in [-0.1, -0.05) is 29.3 Å². The molecule has 0 N–H and O–H groups in total. The van der Waals surface area contributed by atoms with Crippen LogP contribution in [0.1, 0.15) is 27.7 Å². The molecule has 0 saturated carbocycles. The lowest BCUT2D eigenvalue weighted by atomic mass is 10.2. The van der Waals surface area contributed by atoms with Crippen LogP contribution in [0.25, 0.3) is 0 Å². The molecule has 0 spiro atoms. The highest BCUT2D eigenvalue weighted by atomic mass is 35.5. The Morgan fingerprint density at radius 2 is 1.78 bits per heavy atom. The maximum atomic E-state index is 11.9. The summed E-state index contributed by atoms with van der Waals surface area (Å²) in [4.78, 5) is 12.6. The SMILES string of the molecule is CC(Sc1c(Cl)cccc1Cl)C(=O)OC(C)(C)C. The molecule has 1 aromatic carbocycles. The van der Waals surface area contributed by atoms with Gasteiger partial charge >= 0.3 is 5.97 Å². The number of hydrogen-bond donors (Lipinski definition) is 0. The number of esters is 1. The minimum absolute atomic E-state index is 0.275. The van der Waals surface area contributed by atoms with E-state index in [0.29, 0.717) is 14.9 Å². The fraction of sp³-hybridized carbons (Fsp3) is 0.462. The van der Waals surface area contributed by atoms with Crippen LogP contribution in [0.3, 0.4) is 0 Å².